The quantitative estimate of drug-likeness (QED) is 0.938. The summed E-state index contributed by atoms with van der Waals surface area (Å²) >= 11 is 6.04. The van der Waals surface area contributed by atoms with E-state index in [1.807, 2.05) is 13.0 Å². The Morgan fingerprint density at radius 2 is 2.10 bits per heavy atom. The Kier molecular flexibility index (Phi) is 4.74. The lowest BCUT2D eigenvalue weighted by Crippen LogP contribution is -2.26. The number of rotatable bonds is 4. The minimum atomic E-state index is -0.185. The third-order valence-electron chi connectivity index (χ3n) is 3.02. The average molecular weight is 289 g/mol. The van der Waals surface area contributed by atoms with Crippen LogP contribution in [0.25, 0.3) is 0 Å². The molecule has 0 aliphatic rings. The molecule has 0 fully saturated rings. The highest BCUT2D eigenvalue weighted by Crippen LogP contribution is 2.15. The fourth-order valence-corrected chi connectivity index (χ4v) is 2.27. The van der Waals surface area contributed by atoms with E-state index in [0.29, 0.717) is 17.1 Å². The van der Waals surface area contributed by atoms with Gasteiger partial charge in [0, 0.05) is 18.4 Å². The summed E-state index contributed by atoms with van der Waals surface area (Å²) in [6.07, 6.45) is 2.31. The van der Waals surface area contributed by atoms with E-state index in [0.717, 1.165) is 12.1 Å². The van der Waals surface area contributed by atoms with E-state index < -0.39 is 0 Å². The molecule has 0 aliphatic heterocycles. The third kappa shape index (κ3) is 3.81. The molecule has 0 spiro atoms. The van der Waals surface area contributed by atoms with Gasteiger partial charge in [0.1, 0.15) is 0 Å². The van der Waals surface area contributed by atoms with Gasteiger partial charge in [0.15, 0.2) is 0 Å². The zero-order valence-corrected chi connectivity index (χ0v) is 12.4. The maximum absolute atomic E-state index is 12.0. The molecule has 104 valence electrons. The Morgan fingerprint density at radius 1 is 1.30 bits per heavy atom. The number of pyridine rings is 1. The number of carbonyl (C=O) groups is 1. The first-order valence-corrected chi connectivity index (χ1v) is 6.90. The van der Waals surface area contributed by atoms with Crippen LogP contribution in [0.5, 0.6) is 0 Å². The van der Waals surface area contributed by atoms with Gasteiger partial charge >= 0.3 is 0 Å². The Labute approximate surface area is 124 Å². The molecule has 0 atom stereocenters. The molecule has 0 aliphatic carbocycles. The fraction of sp³-hybridized carbons (Fsp3) is 0.250. The van der Waals surface area contributed by atoms with Crippen LogP contribution in [-0.2, 0) is 6.42 Å². The van der Waals surface area contributed by atoms with E-state index in [1.54, 1.807) is 6.07 Å². The van der Waals surface area contributed by atoms with E-state index in [2.05, 4.69) is 35.4 Å². The average Bonchev–Trinajstić information content (AvgIpc) is 2.38. The van der Waals surface area contributed by atoms with Crippen molar-refractivity contribution in [2.24, 2.45) is 0 Å². The van der Waals surface area contributed by atoms with Crippen LogP contribution in [0.2, 0.25) is 5.02 Å². The molecule has 20 heavy (non-hydrogen) atoms. The van der Waals surface area contributed by atoms with Crippen molar-refractivity contribution in [1.82, 2.24) is 10.3 Å². The number of nitrogens with zero attached hydrogens (tertiary/aromatic N) is 1. The smallest absolute Gasteiger partial charge is 0.254 e. The standard InChI is InChI=1S/C16H17ClN2O/c1-11-4-3-5-13(8-11)6-7-18-16(20)14-10-19-12(2)9-15(14)17/h3-5,8-10H,6-7H2,1-2H3,(H,18,20). The van der Waals surface area contributed by atoms with E-state index in [1.165, 1.54) is 17.3 Å². The number of hydrogen-bond donors (Lipinski definition) is 1. The van der Waals surface area contributed by atoms with Crippen molar-refractivity contribution in [3.8, 4) is 0 Å². The van der Waals surface area contributed by atoms with Crippen LogP contribution in [0, 0.1) is 13.8 Å². The number of hydrogen-bond acceptors (Lipinski definition) is 2. The van der Waals surface area contributed by atoms with Crippen molar-refractivity contribution < 1.29 is 4.79 Å². The summed E-state index contributed by atoms with van der Waals surface area (Å²) in [4.78, 5) is 16.1. The largest absolute Gasteiger partial charge is 0.352 e. The zero-order valence-electron chi connectivity index (χ0n) is 11.6. The zero-order chi connectivity index (χ0) is 14.5. The van der Waals surface area contributed by atoms with Gasteiger partial charge in [-0.05, 0) is 31.9 Å². The van der Waals surface area contributed by atoms with E-state index >= 15 is 0 Å². The minimum Gasteiger partial charge on any atom is -0.352 e. The molecule has 2 aromatic rings. The summed E-state index contributed by atoms with van der Waals surface area (Å²) in [5.41, 5.74) is 3.64. The Hall–Kier alpha value is -1.87. The van der Waals surface area contributed by atoms with Crippen molar-refractivity contribution in [2.45, 2.75) is 20.3 Å². The Balaban J connectivity index is 1.92. The Morgan fingerprint density at radius 3 is 2.80 bits per heavy atom. The van der Waals surface area contributed by atoms with Gasteiger partial charge in [-0.3, -0.25) is 9.78 Å². The molecule has 1 N–H and O–H groups in total. The predicted molar refractivity (Wildman–Crippen MR) is 81.2 cm³/mol. The van der Waals surface area contributed by atoms with Crippen LogP contribution in [-0.4, -0.2) is 17.4 Å². The van der Waals surface area contributed by atoms with Crippen LogP contribution in [0.15, 0.2) is 36.5 Å². The van der Waals surface area contributed by atoms with Crippen molar-refractivity contribution in [3.63, 3.8) is 0 Å². The summed E-state index contributed by atoms with van der Waals surface area (Å²) in [6, 6.07) is 9.94. The van der Waals surface area contributed by atoms with Crippen molar-refractivity contribution in [3.05, 3.63) is 63.9 Å². The molecule has 1 aromatic carbocycles. The van der Waals surface area contributed by atoms with Gasteiger partial charge in [0.05, 0.1) is 10.6 Å². The number of aromatic nitrogens is 1. The van der Waals surface area contributed by atoms with E-state index in [9.17, 15) is 4.79 Å². The van der Waals surface area contributed by atoms with Gasteiger partial charge in [-0.2, -0.15) is 0 Å². The topological polar surface area (TPSA) is 42.0 Å². The van der Waals surface area contributed by atoms with Gasteiger partial charge in [-0.25, -0.2) is 0 Å². The monoisotopic (exact) mass is 288 g/mol. The van der Waals surface area contributed by atoms with Crippen LogP contribution in [0.4, 0.5) is 0 Å². The summed E-state index contributed by atoms with van der Waals surface area (Å²) in [6.45, 7) is 4.47. The Bertz CT molecular complexity index is 626. The second-order valence-electron chi connectivity index (χ2n) is 4.80. The maximum atomic E-state index is 12.0. The number of aryl methyl sites for hydroxylation is 2. The molecule has 4 heteroatoms. The van der Waals surface area contributed by atoms with Gasteiger partial charge < -0.3 is 5.32 Å². The van der Waals surface area contributed by atoms with Gasteiger partial charge in [-0.1, -0.05) is 41.4 Å². The molecule has 0 unspecified atom stereocenters. The SMILES string of the molecule is Cc1cccc(CCNC(=O)c2cnc(C)cc2Cl)c1. The molecular formula is C16H17ClN2O. The second-order valence-corrected chi connectivity index (χ2v) is 5.21. The maximum Gasteiger partial charge on any atom is 0.254 e. The van der Waals surface area contributed by atoms with E-state index in [4.69, 9.17) is 11.6 Å². The van der Waals surface area contributed by atoms with Crippen LogP contribution < -0.4 is 5.32 Å². The number of benzene rings is 1. The van der Waals surface area contributed by atoms with Gasteiger partial charge in [-0.15, -0.1) is 0 Å². The second kappa shape index (κ2) is 6.53. The number of halogens is 1. The molecule has 1 amide bonds. The highest BCUT2D eigenvalue weighted by atomic mass is 35.5. The molecule has 0 radical (unpaired) electrons. The van der Waals surface area contributed by atoms with Crippen LogP contribution in [0.1, 0.15) is 27.2 Å². The molecule has 3 nitrogen and oxygen atoms in total. The number of amides is 1. The fourth-order valence-electron chi connectivity index (χ4n) is 1.98. The first-order valence-electron chi connectivity index (χ1n) is 6.52. The predicted octanol–water partition coefficient (Wildman–Crippen LogP) is 3.32. The molecule has 1 aromatic heterocycles. The van der Waals surface area contributed by atoms with Crippen molar-refractivity contribution in [1.29, 1.82) is 0 Å². The molecule has 0 saturated heterocycles. The first-order chi connectivity index (χ1) is 9.56. The molecule has 2 rings (SSSR count). The third-order valence-corrected chi connectivity index (χ3v) is 3.33. The summed E-state index contributed by atoms with van der Waals surface area (Å²) in [5.74, 6) is -0.185. The number of carbonyl (C=O) groups excluding carboxylic acids is 1. The highest BCUT2D eigenvalue weighted by molar-refractivity contribution is 6.33. The number of nitrogens with one attached hydrogen (secondary N) is 1. The minimum absolute atomic E-state index is 0.185. The van der Waals surface area contributed by atoms with E-state index in [-0.39, 0.29) is 5.91 Å². The van der Waals surface area contributed by atoms with Crippen LogP contribution in [0.3, 0.4) is 0 Å². The first kappa shape index (κ1) is 14.5. The summed E-state index contributed by atoms with van der Waals surface area (Å²) < 4.78 is 0. The highest BCUT2D eigenvalue weighted by Gasteiger charge is 2.10. The lowest BCUT2D eigenvalue weighted by Gasteiger charge is -2.07. The molecule has 0 bridgehead atoms. The molecule has 1 heterocycles. The van der Waals surface area contributed by atoms with Crippen LogP contribution >= 0.6 is 11.6 Å². The lowest BCUT2D eigenvalue weighted by atomic mass is 10.1. The van der Waals surface area contributed by atoms with Gasteiger partial charge in [0.25, 0.3) is 5.91 Å². The molecule has 0 saturated carbocycles. The van der Waals surface area contributed by atoms with Crippen molar-refractivity contribution >= 4 is 17.5 Å². The molecular weight excluding hydrogens is 272 g/mol. The summed E-state index contributed by atoms with van der Waals surface area (Å²) in [5, 5.41) is 3.30. The summed E-state index contributed by atoms with van der Waals surface area (Å²) in [7, 11) is 0. The van der Waals surface area contributed by atoms with Gasteiger partial charge in [0.2, 0.25) is 0 Å². The van der Waals surface area contributed by atoms with Crippen molar-refractivity contribution in [2.75, 3.05) is 6.54 Å². The normalized spacial score (nSPS) is 10.3. The lowest BCUT2D eigenvalue weighted by molar-refractivity contribution is 0.0954.